The van der Waals surface area contributed by atoms with Gasteiger partial charge in [-0.3, -0.25) is 0 Å². The fourth-order valence-corrected chi connectivity index (χ4v) is 4.54. The van der Waals surface area contributed by atoms with Gasteiger partial charge in [-0.15, -0.1) is 0 Å². The van der Waals surface area contributed by atoms with Crippen molar-refractivity contribution >= 4 is 21.6 Å². The van der Waals surface area contributed by atoms with E-state index < -0.39 is 10.0 Å². The second kappa shape index (κ2) is 6.89. The maximum Gasteiger partial charge on any atom is 0.244 e. The summed E-state index contributed by atoms with van der Waals surface area (Å²) in [6, 6.07) is 6.64. The number of sulfonamides is 1. The summed E-state index contributed by atoms with van der Waals surface area (Å²) >= 11 is 6.01. The molecule has 4 nitrogen and oxygen atoms in total. The molecule has 0 atom stereocenters. The highest BCUT2D eigenvalue weighted by molar-refractivity contribution is 7.89. The van der Waals surface area contributed by atoms with E-state index in [9.17, 15) is 8.42 Å². The molecule has 0 aliphatic carbocycles. The molecule has 1 heterocycles. The Morgan fingerprint density at radius 2 is 1.95 bits per heavy atom. The van der Waals surface area contributed by atoms with Crippen molar-refractivity contribution in [3.05, 3.63) is 29.3 Å². The van der Waals surface area contributed by atoms with Gasteiger partial charge in [-0.05, 0) is 50.9 Å². The molecule has 1 fully saturated rings. The van der Waals surface area contributed by atoms with Crippen LogP contribution in [-0.4, -0.2) is 39.4 Å². The Balaban J connectivity index is 2.04. The minimum absolute atomic E-state index is 0.218. The summed E-state index contributed by atoms with van der Waals surface area (Å²) in [6.45, 7) is 2.16. The Bertz CT molecular complexity index is 540. The molecule has 112 valence electrons. The molecule has 1 aliphatic rings. The lowest BCUT2D eigenvalue weighted by Crippen LogP contribution is -2.39. The molecule has 0 unspecified atom stereocenters. The normalized spacial score (nSPS) is 18.3. The number of hydrogen-bond acceptors (Lipinski definition) is 3. The fraction of sp³-hybridized carbons (Fsp3) is 0.571. The SMILES string of the molecule is CNCCC1CCN(S(=O)(=O)c2ccccc2Cl)CC1. The summed E-state index contributed by atoms with van der Waals surface area (Å²) in [4.78, 5) is 0.218. The first-order chi connectivity index (χ1) is 9.55. The van der Waals surface area contributed by atoms with Crippen molar-refractivity contribution < 1.29 is 8.42 Å². The van der Waals surface area contributed by atoms with E-state index in [0.717, 1.165) is 25.8 Å². The van der Waals surface area contributed by atoms with Gasteiger partial charge in [0, 0.05) is 13.1 Å². The summed E-state index contributed by atoms with van der Waals surface area (Å²) in [5.74, 6) is 0.611. The van der Waals surface area contributed by atoms with Gasteiger partial charge < -0.3 is 5.32 Å². The molecule has 0 bridgehead atoms. The summed E-state index contributed by atoms with van der Waals surface area (Å²) in [7, 11) is -1.51. The van der Waals surface area contributed by atoms with Gasteiger partial charge in [0.1, 0.15) is 4.90 Å². The van der Waals surface area contributed by atoms with E-state index in [2.05, 4.69) is 5.32 Å². The Labute approximate surface area is 126 Å². The third-order valence-corrected chi connectivity index (χ3v) is 6.23. The van der Waals surface area contributed by atoms with Crippen LogP contribution < -0.4 is 5.32 Å². The molecule has 1 saturated heterocycles. The third-order valence-electron chi connectivity index (χ3n) is 3.83. The van der Waals surface area contributed by atoms with Crippen LogP contribution in [0.1, 0.15) is 19.3 Å². The monoisotopic (exact) mass is 316 g/mol. The second-order valence-corrected chi connectivity index (χ2v) is 7.48. The highest BCUT2D eigenvalue weighted by atomic mass is 35.5. The fourth-order valence-electron chi connectivity index (χ4n) is 2.58. The van der Waals surface area contributed by atoms with Crippen molar-refractivity contribution in [1.82, 2.24) is 9.62 Å². The van der Waals surface area contributed by atoms with Crippen LogP contribution in [0.5, 0.6) is 0 Å². The van der Waals surface area contributed by atoms with Crippen LogP contribution in [0.15, 0.2) is 29.2 Å². The number of nitrogens with zero attached hydrogens (tertiary/aromatic N) is 1. The quantitative estimate of drug-likeness (QED) is 0.907. The predicted octanol–water partition coefficient (Wildman–Crippen LogP) is 2.35. The first-order valence-corrected chi connectivity index (χ1v) is 8.77. The van der Waals surface area contributed by atoms with E-state index >= 15 is 0 Å². The molecule has 1 N–H and O–H groups in total. The maximum absolute atomic E-state index is 12.6. The summed E-state index contributed by atoms with van der Waals surface area (Å²) in [5.41, 5.74) is 0. The average Bonchev–Trinajstić information content (AvgIpc) is 2.46. The van der Waals surface area contributed by atoms with E-state index in [4.69, 9.17) is 11.6 Å². The van der Waals surface area contributed by atoms with Crippen molar-refractivity contribution in [2.24, 2.45) is 5.92 Å². The van der Waals surface area contributed by atoms with Gasteiger partial charge in [-0.25, -0.2) is 8.42 Å². The van der Waals surface area contributed by atoms with Crippen LogP contribution in [0.4, 0.5) is 0 Å². The predicted molar refractivity (Wildman–Crippen MR) is 81.5 cm³/mol. The lowest BCUT2D eigenvalue weighted by atomic mass is 9.95. The van der Waals surface area contributed by atoms with Crippen LogP contribution in [0, 0.1) is 5.92 Å². The van der Waals surface area contributed by atoms with Crippen LogP contribution in [-0.2, 0) is 10.0 Å². The Morgan fingerprint density at radius 3 is 2.55 bits per heavy atom. The molecular formula is C14H21ClN2O2S. The largest absolute Gasteiger partial charge is 0.320 e. The van der Waals surface area contributed by atoms with E-state index in [0.29, 0.717) is 24.0 Å². The third kappa shape index (κ3) is 3.52. The molecule has 6 heteroatoms. The standard InChI is InChI=1S/C14H21ClN2O2S/c1-16-9-6-12-7-10-17(11-8-12)20(18,19)14-5-3-2-4-13(14)15/h2-5,12,16H,6-11H2,1H3. The molecule has 0 amide bonds. The second-order valence-electron chi connectivity index (χ2n) is 5.17. The minimum Gasteiger partial charge on any atom is -0.320 e. The topological polar surface area (TPSA) is 49.4 Å². The zero-order valence-corrected chi connectivity index (χ0v) is 13.3. The number of piperidine rings is 1. The highest BCUT2D eigenvalue weighted by Gasteiger charge is 2.30. The van der Waals surface area contributed by atoms with Crippen molar-refractivity contribution in [2.75, 3.05) is 26.7 Å². The highest BCUT2D eigenvalue weighted by Crippen LogP contribution is 2.28. The maximum atomic E-state index is 12.6. The lowest BCUT2D eigenvalue weighted by molar-refractivity contribution is 0.263. The van der Waals surface area contributed by atoms with E-state index in [-0.39, 0.29) is 4.90 Å². The van der Waals surface area contributed by atoms with Gasteiger partial charge in [-0.2, -0.15) is 4.31 Å². The van der Waals surface area contributed by atoms with Gasteiger partial charge in [0.05, 0.1) is 5.02 Å². The van der Waals surface area contributed by atoms with Gasteiger partial charge in [-0.1, -0.05) is 23.7 Å². The number of nitrogens with one attached hydrogen (secondary N) is 1. The van der Waals surface area contributed by atoms with E-state index in [1.165, 1.54) is 0 Å². The van der Waals surface area contributed by atoms with Crippen molar-refractivity contribution in [3.63, 3.8) is 0 Å². The molecule has 1 aliphatic heterocycles. The molecule has 20 heavy (non-hydrogen) atoms. The summed E-state index contributed by atoms with van der Waals surface area (Å²) in [5, 5.41) is 3.44. The zero-order valence-electron chi connectivity index (χ0n) is 11.7. The Morgan fingerprint density at radius 1 is 1.30 bits per heavy atom. The van der Waals surface area contributed by atoms with Crippen LogP contribution in [0.2, 0.25) is 5.02 Å². The molecular weight excluding hydrogens is 296 g/mol. The van der Waals surface area contributed by atoms with E-state index in [1.54, 1.807) is 28.6 Å². The smallest absolute Gasteiger partial charge is 0.244 e. The van der Waals surface area contributed by atoms with Gasteiger partial charge in [0.25, 0.3) is 0 Å². The van der Waals surface area contributed by atoms with Crippen molar-refractivity contribution in [2.45, 2.75) is 24.2 Å². The first kappa shape index (κ1) is 15.8. The lowest BCUT2D eigenvalue weighted by Gasteiger charge is -2.31. The first-order valence-electron chi connectivity index (χ1n) is 6.95. The number of halogens is 1. The van der Waals surface area contributed by atoms with E-state index in [1.807, 2.05) is 7.05 Å². The van der Waals surface area contributed by atoms with Gasteiger partial charge >= 0.3 is 0 Å². The van der Waals surface area contributed by atoms with Gasteiger partial charge in [0.15, 0.2) is 0 Å². The summed E-state index contributed by atoms with van der Waals surface area (Å²) in [6.07, 6.45) is 2.95. The molecule has 0 radical (unpaired) electrons. The van der Waals surface area contributed by atoms with Crippen LogP contribution >= 0.6 is 11.6 Å². The minimum atomic E-state index is -3.45. The molecule has 0 spiro atoms. The number of benzene rings is 1. The molecule has 0 saturated carbocycles. The molecule has 0 aromatic heterocycles. The molecule has 2 rings (SSSR count). The average molecular weight is 317 g/mol. The molecule has 1 aromatic carbocycles. The zero-order chi connectivity index (χ0) is 14.6. The Hall–Kier alpha value is -0.620. The number of rotatable bonds is 5. The van der Waals surface area contributed by atoms with Crippen molar-refractivity contribution in [1.29, 1.82) is 0 Å². The van der Waals surface area contributed by atoms with Crippen LogP contribution in [0.3, 0.4) is 0 Å². The van der Waals surface area contributed by atoms with Crippen molar-refractivity contribution in [3.8, 4) is 0 Å². The van der Waals surface area contributed by atoms with Gasteiger partial charge in [0.2, 0.25) is 10.0 Å². The Kier molecular flexibility index (Phi) is 5.43. The number of hydrogen-bond donors (Lipinski definition) is 1. The van der Waals surface area contributed by atoms with Crippen LogP contribution in [0.25, 0.3) is 0 Å². The summed E-state index contributed by atoms with van der Waals surface area (Å²) < 4.78 is 26.7. The molecule has 1 aromatic rings.